The number of fused-ring (bicyclic) bond motifs is 1. The van der Waals surface area contributed by atoms with Crippen LogP contribution in [-0.4, -0.2) is 51.7 Å². The Morgan fingerprint density at radius 3 is 2.55 bits per heavy atom. The number of nitrogens with zero attached hydrogens (tertiary/aromatic N) is 4. The highest BCUT2D eigenvalue weighted by Gasteiger charge is 2.34. The molecule has 0 saturated heterocycles. The molecule has 1 N–H and O–H groups in total. The van der Waals surface area contributed by atoms with E-state index < -0.39 is 46.8 Å². The van der Waals surface area contributed by atoms with E-state index in [4.69, 9.17) is 0 Å². The summed E-state index contributed by atoms with van der Waals surface area (Å²) in [6.07, 6.45) is 2.11. The van der Waals surface area contributed by atoms with E-state index in [0.29, 0.717) is 15.3 Å². The molecule has 174 valence electrons. The van der Waals surface area contributed by atoms with Crippen LogP contribution in [0.15, 0.2) is 53.7 Å². The number of benzene rings is 1. The highest BCUT2D eigenvalue weighted by molar-refractivity contribution is 7.89. The monoisotopic (exact) mass is 482 g/mol. The molecule has 13 heteroatoms. The van der Waals surface area contributed by atoms with E-state index >= 15 is 0 Å². The van der Waals surface area contributed by atoms with Gasteiger partial charge in [-0.3, -0.25) is 4.79 Å². The van der Waals surface area contributed by atoms with Crippen LogP contribution in [0.5, 0.6) is 5.88 Å². The van der Waals surface area contributed by atoms with Crippen LogP contribution in [0.1, 0.15) is 22.7 Å². The first kappa shape index (κ1) is 22.7. The molecule has 1 atom stereocenters. The first-order valence-electron chi connectivity index (χ1n) is 9.58. The first-order valence-corrected chi connectivity index (χ1v) is 11.0. The standard InChI is InChI=1S/C20H17F3N4O5S/c21-16-4-2-1-3-14(16)15(11-28)19(29)26-8-12-9-27(25-17(12)10-26)33(30,31)13-5-6-18(24-7-13)32-20(22)23/h1-7,9,15,20,28H,8,10-11H2/t15-/m1/s1. The van der Waals surface area contributed by atoms with Crippen LogP contribution in [0.25, 0.3) is 0 Å². The van der Waals surface area contributed by atoms with E-state index in [9.17, 15) is 31.5 Å². The maximum atomic E-state index is 14.1. The predicted molar refractivity (Wildman–Crippen MR) is 106 cm³/mol. The zero-order chi connectivity index (χ0) is 23.8. The largest absolute Gasteiger partial charge is 0.417 e. The highest BCUT2D eigenvalue weighted by Crippen LogP contribution is 2.28. The molecule has 33 heavy (non-hydrogen) atoms. The minimum Gasteiger partial charge on any atom is -0.417 e. The number of carbonyl (C=O) groups excluding carboxylic acids is 1. The number of aliphatic hydroxyl groups is 1. The van der Waals surface area contributed by atoms with Crippen LogP contribution in [0, 0.1) is 5.82 Å². The minimum atomic E-state index is -4.16. The molecule has 0 saturated carbocycles. The van der Waals surface area contributed by atoms with E-state index in [1.807, 2.05) is 0 Å². The van der Waals surface area contributed by atoms with Crippen LogP contribution in [0.2, 0.25) is 0 Å². The Labute approximate surface area is 186 Å². The highest BCUT2D eigenvalue weighted by atomic mass is 32.2. The fourth-order valence-corrected chi connectivity index (χ4v) is 4.60. The fourth-order valence-electron chi connectivity index (χ4n) is 3.48. The Hall–Kier alpha value is -3.45. The topological polar surface area (TPSA) is 115 Å². The van der Waals surface area contributed by atoms with Crippen molar-refractivity contribution >= 4 is 15.9 Å². The molecule has 1 aromatic carbocycles. The van der Waals surface area contributed by atoms with Gasteiger partial charge in [0.2, 0.25) is 11.8 Å². The van der Waals surface area contributed by atoms with Crippen molar-refractivity contribution in [3.63, 3.8) is 0 Å². The van der Waals surface area contributed by atoms with E-state index in [-0.39, 0.29) is 23.5 Å². The zero-order valence-electron chi connectivity index (χ0n) is 16.8. The molecular weight excluding hydrogens is 465 g/mol. The number of aliphatic hydroxyl groups excluding tert-OH is 1. The molecule has 3 heterocycles. The molecule has 4 rings (SSSR count). The Morgan fingerprint density at radius 1 is 1.18 bits per heavy atom. The van der Waals surface area contributed by atoms with Crippen molar-refractivity contribution in [2.75, 3.05) is 6.61 Å². The lowest BCUT2D eigenvalue weighted by molar-refractivity contribution is -0.134. The Morgan fingerprint density at radius 2 is 1.94 bits per heavy atom. The number of ether oxygens (including phenoxy) is 1. The third kappa shape index (κ3) is 4.41. The summed E-state index contributed by atoms with van der Waals surface area (Å²) in [7, 11) is -4.16. The number of halogens is 3. The van der Waals surface area contributed by atoms with Crippen LogP contribution in [0.4, 0.5) is 13.2 Å². The van der Waals surface area contributed by atoms with Gasteiger partial charge in [0.15, 0.2) is 0 Å². The number of pyridine rings is 1. The summed E-state index contributed by atoms with van der Waals surface area (Å²) in [5.41, 5.74) is 0.847. The molecule has 1 aliphatic heterocycles. The van der Waals surface area contributed by atoms with Crippen LogP contribution in [-0.2, 0) is 27.9 Å². The average molecular weight is 482 g/mol. The molecule has 1 amide bonds. The second-order valence-corrected chi connectivity index (χ2v) is 8.94. The van der Waals surface area contributed by atoms with Gasteiger partial charge in [-0.2, -0.15) is 26.4 Å². The molecule has 0 unspecified atom stereocenters. The summed E-state index contributed by atoms with van der Waals surface area (Å²) in [6, 6.07) is 7.70. The maximum Gasteiger partial charge on any atom is 0.388 e. The number of hydrogen-bond acceptors (Lipinski definition) is 7. The van der Waals surface area contributed by atoms with Crippen molar-refractivity contribution < 1.29 is 36.2 Å². The van der Waals surface area contributed by atoms with Crippen LogP contribution >= 0.6 is 0 Å². The Bertz CT molecular complexity index is 1260. The van der Waals surface area contributed by atoms with Gasteiger partial charge in [-0.1, -0.05) is 18.2 Å². The lowest BCUT2D eigenvalue weighted by atomic mass is 9.98. The summed E-state index contributed by atoms with van der Waals surface area (Å²) in [5, 5.41) is 13.7. The molecule has 3 aromatic rings. The van der Waals surface area contributed by atoms with Crippen molar-refractivity contribution in [3.8, 4) is 5.88 Å². The SMILES string of the molecule is O=C([C@H](CO)c1ccccc1F)N1Cc2cn(S(=O)(=O)c3ccc(OC(F)F)nc3)nc2C1. The maximum absolute atomic E-state index is 14.1. The van der Waals surface area contributed by atoms with Gasteiger partial charge in [0.05, 0.1) is 31.0 Å². The summed E-state index contributed by atoms with van der Waals surface area (Å²) in [6.45, 7) is -3.70. The molecule has 0 spiro atoms. The number of carbonyl (C=O) groups is 1. The van der Waals surface area contributed by atoms with Crippen LogP contribution < -0.4 is 4.74 Å². The molecule has 1 aliphatic rings. The number of aromatic nitrogens is 3. The predicted octanol–water partition coefficient (Wildman–Crippen LogP) is 1.87. The third-order valence-electron chi connectivity index (χ3n) is 5.09. The van der Waals surface area contributed by atoms with Crippen molar-refractivity contribution in [1.82, 2.24) is 19.1 Å². The second kappa shape index (κ2) is 8.83. The quantitative estimate of drug-likeness (QED) is 0.547. The van der Waals surface area contributed by atoms with Crippen molar-refractivity contribution in [2.45, 2.75) is 30.5 Å². The van der Waals surface area contributed by atoms with Gasteiger partial charge in [0, 0.05) is 29.9 Å². The van der Waals surface area contributed by atoms with Crippen molar-refractivity contribution in [1.29, 1.82) is 0 Å². The van der Waals surface area contributed by atoms with Gasteiger partial charge in [-0.15, -0.1) is 0 Å². The summed E-state index contributed by atoms with van der Waals surface area (Å²) >= 11 is 0. The van der Waals surface area contributed by atoms with Gasteiger partial charge < -0.3 is 14.7 Å². The van der Waals surface area contributed by atoms with E-state index in [1.165, 1.54) is 29.3 Å². The fraction of sp³-hybridized carbons (Fsp3) is 0.250. The van der Waals surface area contributed by atoms with E-state index in [0.717, 1.165) is 18.3 Å². The average Bonchev–Trinajstić information content (AvgIpc) is 3.35. The Kier molecular flexibility index (Phi) is 6.08. The lowest BCUT2D eigenvalue weighted by Crippen LogP contribution is -2.33. The number of alkyl halides is 2. The smallest absolute Gasteiger partial charge is 0.388 e. The molecule has 0 aliphatic carbocycles. The van der Waals surface area contributed by atoms with E-state index in [2.05, 4.69) is 14.8 Å². The van der Waals surface area contributed by atoms with Gasteiger partial charge in [0.25, 0.3) is 10.0 Å². The first-order chi connectivity index (χ1) is 15.7. The van der Waals surface area contributed by atoms with Crippen molar-refractivity contribution in [2.24, 2.45) is 0 Å². The van der Waals surface area contributed by atoms with Crippen LogP contribution in [0.3, 0.4) is 0 Å². The third-order valence-corrected chi connectivity index (χ3v) is 6.61. The van der Waals surface area contributed by atoms with Crippen molar-refractivity contribution in [3.05, 3.63) is 71.4 Å². The molecule has 0 fully saturated rings. The normalized spacial score (nSPS) is 14.4. The molecule has 0 bridgehead atoms. The Balaban J connectivity index is 1.51. The summed E-state index contributed by atoms with van der Waals surface area (Å²) in [5.74, 6) is -2.68. The number of amides is 1. The number of rotatable bonds is 7. The van der Waals surface area contributed by atoms with Gasteiger partial charge in [-0.25, -0.2) is 9.37 Å². The lowest BCUT2D eigenvalue weighted by Gasteiger charge is -2.22. The zero-order valence-corrected chi connectivity index (χ0v) is 17.6. The van der Waals surface area contributed by atoms with Gasteiger partial charge in [-0.05, 0) is 12.1 Å². The van der Waals surface area contributed by atoms with E-state index in [1.54, 1.807) is 6.07 Å². The summed E-state index contributed by atoms with van der Waals surface area (Å²) in [4.78, 5) is 17.5. The van der Waals surface area contributed by atoms with Gasteiger partial charge in [0.1, 0.15) is 10.7 Å². The molecule has 0 radical (unpaired) electrons. The molecule has 9 nitrogen and oxygen atoms in total. The molecular formula is C20H17F3N4O5S. The second-order valence-electron chi connectivity index (χ2n) is 7.14. The van der Waals surface area contributed by atoms with Gasteiger partial charge >= 0.3 is 6.61 Å². The number of hydrogen-bond donors (Lipinski definition) is 1. The summed E-state index contributed by atoms with van der Waals surface area (Å²) < 4.78 is 68.9. The molecule has 2 aromatic heterocycles. The minimum absolute atomic E-state index is 0.0219.